The molecule has 2 heteroatoms. The Bertz CT molecular complexity index is 4520. The first kappa shape index (κ1) is 43.4. The van der Waals surface area contributed by atoms with E-state index in [1.165, 1.54) is 156 Å². The van der Waals surface area contributed by atoms with Gasteiger partial charge in [0.05, 0.1) is 11.4 Å². The third-order valence-corrected chi connectivity index (χ3v) is 17.5. The average molecular weight is 971 g/mol. The third kappa shape index (κ3) is 7.01. The van der Waals surface area contributed by atoms with E-state index in [2.05, 4.69) is 246 Å². The molecular formula is C74H54N2. The molecule has 0 fully saturated rings. The Labute approximate surface area is 443 Å². The van der Waals surface area contributed by atoms with Gasteiger partial charge in [-0.3, -0.25) is 0 Å². The van der Waals surface area contributed by atoms with Crippen LogP contribution in [-0.2, 0) is 25.7 Å². The van der Waals surface area contributed by atoms with Gasteiger partial charge in [0.2, 0.25) is 0 Å². The van der Waals surface area contributed by atoms with E-state index >= 15 is 0 Å². The molecule has 0 aromatic heterocycles. The minimum Gasteiger partial charge on any atom is -0.310 e. The molecule has 0 saturated heterocycles. The lowest BCUT2D eigenvalue weighted by molar-refractivity contribution is 0.768. The van der Waals surface area contributed by atoms with Crippen LogP contribution in [-0.4, -0.2) is 0 Å². The van der Waals surface area contributed by atoms with E-state index < -0.39 is 0 Å². The number of nitrogens with zero attached hydrogens (tertiary/aromatic N) is 2. The van der Waals surface area contributed by atoms with Gasteiger partial charge in [-0.25, -0.2) is 0 Å². The number of fused-ring (bicyclic) bond motifs is 6. The van der Waals surface area contributed by atoms with Gasteiger partial charge in [0.25, 0.3) is 0 Å². The SMILES string of the molecule is C1=CC2=CC(N(c3ccc4c(c3)CCC4)c3cc(-c4ccc5ccccc5c4)c4ccc5c(N(c6ccc7c(c6)CCC7)c6ccc7ccccc7c6)cc(-c6ccc7ccccc7c6)c6ccc3c4c65)=CCC2C=C1. The highest BCUT2D eigenvalue weighted by molar-refractivity contribution is 6.32. The summed E-state index contributed by atoms with van der Waals surface area (Å²) in [4.78, 5) is 5.19. The summed E-state index contributed by atoms with van der Waals surface area (Å²) in [6.45, 7) is 0. The summed E-state index contributed by atoms with van der Waals surface area (Å²) in [5, 5.41) is 15.0. The molecule has 12 aromatic rings. The molecule has 0 N–H and O–H groups in total. The monoisotopic (exact) mass is 970 g/mol. The Hall–Kier alpha value is -8.98. The molecule has 360 valence electrons. The molecule has 2 nitrogen and oxygen atoms in total. The Morgan fingerprint density at radius 1 is 0.368 bits per heavy atom. The van der Waals surface area contributed by atoms with Gasteiger partial charge in [-0.2, -0.15) is 0 Å². The Morgan fingerprint density at radius 2 is 0.842 bits per heavy atom. The van der Waals surface area contributed by atoms with Gasteiger partial charge in [-0.1, -0.05) is 170 Å². The van der Waals surface area contributed by atoms with Crippen molar-refractivity contribution in [3.63, 3.8) is 0 Å². The number of rotatable bonds is 8. The van der Waals surface area contributed by atoms with Gasteiger partial charge in [0.15, 0.2) is 0 Å². The van der Waals surface area contributed by atoms with Crippen LogP contribution in [0, 0.1) is 5.92 Å². The van der Waals surface area contributed by atoms with E-state index in [0.717, 1.165) is 37.8 Å². The molecule has 4 aliphatic carbocycles. The summed E-state index contributed by atoms with van der Waals surface area (Å²) in [5.74, 6) is 0.383. The molecule has 76 heavy (non-hydrogen) atoms. The van der Waals surface area contributed by atoms with Gasteiger partial charge in [0, 0.05) is 50.2 Å². The molecule has 16 rings (SSSR count). The molecule has 0 radical (unpaired) electrons. The number of aryl methyl sites for hydroxylation is 4. The molecule has 0 amide bonds. The lowest BCUT2D eigenvalue weighted by Gasteiger charge is -2.33. The zero-order chi connectivity index (χ0) is 49.8. The number of hydrogen-bond donors (Lipinski definition) is 0. The second-order valence-electron chi connectivity index (χ2n) is 21.8. The molecule has 12 aromatic carbocycles. The second-order valence-corrected chi connectivity index (χ2v) is 21.8. The van der Waals surface area contributed by atoms with Gasteiger partial charge >= 0.3 is 0 Å². The topological polar surface area (TPSA) is 6.48 Å². The molecule has 1 unspecified atom stereocenters. The zero-order valence-corrected chi connectivity index (χ0v) is 42.4. The van der Waals surface area contributed by atoms with Crippen molar-refractivity contribution in [1.29, 1.82) is 0 Å². The van der Waals surface area contributed by atoms with Crippen molar-refractivity contribution in [2.75, 3.05) is 9.80 Å². The van der Waals surface area contributed by atoms with Crippen LogP contribution in [0.3, 0.4) is 0 Å². The highest BCUT2D eigenvalue weighted by Gasteiger charge is 2.29. The summed E-state index contributed by atoms with van der Waals surface area (Å²) in [5.41, 5.74) is 19.3. The first-order valence-corrected chi connectivity index (χ1v) is 27.5. The van der Waals surface area contributed by atoms with E-state index in [4.69, 9.17) is 0 Å². The van der Waals surface area contributed by atoms with Crippen molar-refractivity contribution in [1.82, 2.24) is 0 Å². The minimum atomic E-state index is 0.383. The normalized spacial score (nSPS) is 15.7. The van der Waals surface area contributed by atoms with Crippen molar-refractivity contribution in [3.8, 4) is 22.3 Å². The van der Waals surface area contributed by atoms with E-state index in [-0.39, 0.29) is 0 Å². The van der Waals surface area contributed by atoms with Crippen LogP contribution in [0.1, 0.15) is 41.5 Å². The predicted octanol–water partition coefficient (Wildman–Crippen LogP) is 19.9. The fraction of sp³-hybridized carbons (Fsp3) is 0.108. The number of allylic oxidation sites excluding steroid dienone is 7. The summed E-state index contributed by atoms with van der Waals surface area (Å²) in [7, 11) is 0. The van der Waals surface area contributed by atoms with Crippen LogP contribution in [0.4, 0.5) is 28.4 Å². The first-order valence-electron chi connectivity index (χ1n) is 27.5. The molecule has 0 aliphatic heterocycles. The Kier molecular flexibility index (Phi) is 9.88. The zero-order valence-electron chi connectivity index (χ0n) is 42.4. The maximum atomic E-state index is 2.61. The van der Waals surface area contributed by atoms with Crippen LogP contribution in [0.5, 0.6) is 0 Å². The Balaban J connectivity index is 1.05. The molecule has 0 heterocycles. The van der Waals surface area contributed by atoms with Crippen molar-refractivity contribution in [2.45, 2.75) is 44.9 Å². The van der Waals surface area contributed by atoms with E-state index in [9.17, 15) is 0 Å². The van der Waals surface area contributed by atoms with Gasteiger partial charge in [0.1, 0.15) is 0 Å². The summed E-state index contributed by atoms with van der Waals surface area (Å²) < 4.78 is 0. The highest BCUT2D eigenvalue weighted by atomic mass is 15.2. The van der Waals surface area contributed by atoms with Crippen molar-refractivity contribution in [2.24, 2.45) is 5.92 Å². The fourth-order valence-corrected chi connectivity index (χ4v) is 13.7. The highest BCUT2D eigenvalue weighted by Crippen LogP contribution is 2.53. The summed E-state index contributed by atoms with van der Waals surface area (Å²) >= 11 is 0. The lowest BCUT2D eigenvalue weighted by atomic mass is 9.84. The van der Waals surface area contributed by atoms with Crippen molar-refractivity contribution in [3.05, 3.63) is 270 Å². The fourth-order valence-electron chi connectivity index (χ4n) is 13.7. The van der Waals surface area contributed by atoms with Crippen LogP contribution < -0.4 is 9.80 Å². The number of hydrogen-bond acceptors (Lipinski definition) is 2. The first-order chi connectivity index (χ1) is 37.6. The molecule has 0 spiro atoms. The maximum absolute atomic E-state index is 2.61. The predicted molar refractivity (Wildman–Crippen MR) is 323 cm³/mol. The molecule has 1 atom stereocenters. The van der Waals surface area contributed by atoms with Crippen LogP contribution in [0.25, 0.3) is 86.9 Å². The van der Waals surface area contributed by atoms with E-state index in [1.54, 1.807) is 0 Å². The van der Waals surface area contributed by atoms with Crippen LogP contribution >= 0.6 is 0 Å². The van der Waals surface area contributed by atoms with Crippen molar-refractivity contribution >= 4 is 93.1 Å². The average Bonchev–Trinajstić information content (AvgIpc) is 4.24. The van der Waals surface area contributed by atoms with E-state index in [0.29, 0.717) is 5.92 Å². The molecular weight excluding hydrogens is 917 g/mol. The standard InChI is InChI=1S/C74H54N2/c1-5-15-53-39-59(25-23-47(53)11-1)69-45-71(75(63-33-29-51-19-9-21-57(51)43-63)61-31-27-49-13-3-7-17-55(49)41-61)67-38-36-66-70(60-26-24-48-12-2-6-16-54(48)40-60)46-72(68-37-35-65(69)73(67)74(66)68)76(64-34-30-52-20-10-22-58(52)44-64)62-32-28-50-14-4-8-18-56(50)42-62/h1-8,11-18,23-27,29-46,50H,9-10,19-22,28H2. The second kappa shape index (κ2) is 17.3. The minimum absolute atomic E-state index is 0.383. The van der Waals surface area contributed by atoms with Crippen molar-refractivity contribution < 1.29 is 0 Å². The van der Waals surface area contributed by atoms with Gasteiger partial charge in [-0.15, -0.1) is 0 Å². The quantitative estimate of drug-likeness (QED) is 0.140. The lowest BCUT2D eigenvalue weighted by Crippen LogP contribution is -2.20. The van der Waals surface area contributed by atoms with Gasteiger partial charge in [-0.05, 0) is 205 Å². The summed E-state index contributed by atoms with van der Waals surface area (Å²) in [6.07, 6.45) is 21.9. The van der Waals surface area contributed by atoms with Gasteiger partial charge < -0.3 is 9.80 Å². The van der Waals surface area contributed by atoms with E-state index in [1.807, 2.05) is 0 Å². The molecule has 0 bridgehead atoms. The maximum Gasteiger partial charge on any atom is 0.0546 e. The van der Waals surface area contributed by atoms with Crippen LogP contribution in [0.2, 0.25) is 0 Å². The third-order valence-electron chi connectivity index (χ3n) is 17.5. The van der Waals surface area contributed by atoms with Crippen LogP contribution in [0.15, 0.2) is 248 Å². The summed E-state index contributed by atoms with van der Waals surface area (Å²) in [6, 6.07) is 77.0. The molecule has 4 aliphatic rings. The number of benzene rings is 12. The smallest absolute Gasteiger partial charge is 0.0546 e. The largest absolute Gasteiger partial charge is 0.310 e. The molecule has 0 saturated carbocycles. The Morgan fingerprint density at radius 3 is 1.43 bits per heavy atom. The number of anilines is 5.